The lowest BCUT2D eigenvalue weighted by atomic mass is 10.1. The zero-order chi connectivity index (χ0) is 14.4. The van der Waals surface area contributed by atoms with Gasteiger partial charge >= 0.3 is 0 Å². The minimum atomic E-state index is -0.834. The molecule has 114 valence electrons. The van der Waals surface area contributed by atoms with Gasteiger partial charge in [-0.15, -0.1) is 12.4 Å². The molecule has 1 amide bonds. The largest absolute Gasteiger partial charge is 0.383 e. The second-order valence-electron chi connectivity index (χ2n) is 4.11. The van der Waals surface area contributed by atoms with Crippen LogP contribution in [0.4, 0.5) is 8.78 Å². The van der Waals surface area contributed by atoms with E-state index in [2.05, 4.69) is 0 Å². The van der Waals surface area contributed by atoms with Gasteiger partial charge in [-0.3, -0.25) is 4.79 Å². The lowest BCUT2D eigenvalue weighted by Gasteiger charge is -2.24. The monoisotopic (exact) mass is 308 g/mol. The minimum Gasteiger partial charge on any atom is -0.383 e. The average Bonchev–Trinajstić information content (AvgIpc) is 2.38. The number of hydrogen-bond acceptors (Lipinski definition) is 3. The second-order valence-corrected chi connectivity index (χ2v) is 4.11. The van der Waals surface area contributed by atoms with Crippen LogP contribution in [0.1, 0.15) is 12.5 Å². The number of benzene rings is 1. The topological polar surface area (TPSA) is 55.6 Å². The van der Waals surface area contributed by atoms with Crippen molar-refractivity contribution in [2.45, 2.75) is 19.5 Å². The van der Waals surface area contributed by atoms with Crippen molar-refractivity contribution < 1.29 is 18.3 Å². The van der Waals surface area contributed by atoms with E-state index in [0.29, 0.717) is 6.54 Å². The van der Waals surface area contributed by atoms with Crippen LogP contribution in [0, 0.1) is 11.6 Å². The molecule has 0 aliphatic carbocycles. The molecule has 1 aromatic rings. The van der Waals surface area contributed by atoms with Gasteiger partial charge in [0.25, 0.3) is 0 Å². The van der Waals surface area contributed by atoms with Gasteiger partial charge in [0.2, 0.25) is 5.91 Å². The Labute approximate surface area is 123 Å². The maximum atomic E-state index is 13.5. The number of carbonyl (C=O) groups excluding carboxylic acids is 1. The van der Waals surface area contributed by atoms with Gasteiger partial charge in [0.05, 0.1) is 13.2 Å². The normalized spacial score (nSPS) is 11.7. The minimum absolute atomic E-state index is 0. The summed E-state index contributed by atoms with van der Waals surface area (Å²) in [4.78, 5) is 13.3. The van der Waals surface area contributed by atoms with Crippen LogP contribution in [-0.2, 0) is 16.1 Å². The van der Waals surface area contributed by atoms with Gasteiger partial charge in [-0.2, -0.15) is 0 Å². The van der Waals surface area contributed by atoms with Crippen molar-refractivity contribution in [2.24, 2.45) is 5.73 Å². The highest BCUT2D eigenvalue weighted by Gasteiger charge is 2.22. The Morgan fingerprint density at radius 1 is 1.40 bits per heavy atom. The van der Waals surface area contributed by atoms with Crippen LogP contribution in [-0.4, -0.2) is 37.1 Å². The third-order valence-corrected chi connectivity index (χ3v) is 2.77. The van der Waals surface area contributed by atoms with Gasteiger partial charge in [-0.05, 0) is 19.1 Å². The molecule has 1 unspecified atom stereocenters. The molecule has 2 N–H and O–H groups in total. The third kappa shape index (κ3) is 4.70. The molecule has 1 aromatic carbocycles. The number of hydrogen-bond donors (Lipinski definition) is 1. The van der Waals surface area contributed by atoms with Crippen molar-refractivity contribution in [2.75, 3.05) is 20.3 Å². The molecule has 20 heavy (non-hydrogen) atoms. The van der Waals surface area contributed by atoms with Gasteiger partial charge in [0.15, 0.2) is 0 Å². The Morgan fingerprint density at radius 2 is 1.95 bits per heavy atom. The van der Waals surface area contributed by atoms with E-state index in [0.717, 1.165) is 12.1 Å². The van der Waals surface area contributed by atoms with Crippen molar-refractivity contribution in [3.63, 3.8) is 0 Å². The number of methoxy groups -OCH3 is 1. The van der Waals surface area contributed by atoms with E-state index in [4.69, 9.17) is 10.5 Å². The highest BCUT2D eigenvalue weighted by Crippen LogP contribution is 2.15. The molecule has 0 radical (unpaired) electrons. The van der Waals surface area contributed by atoms with E-state index in [9.17, 15) is 13.6 Å². The fraction of sp³-hybridized carbons (Fsp3) is 0.462. The van der Waals surface area contributed by atoms with Gasteiger partial charge < -0.3 is 15.4 Å². The summed E-state index contributed by atoms with van der Waals surface area (Å²) in [5.41, 5.74) is 5.49. The zero-order valence-electron chi connectivity index (χ0n) is 11.4. The maximum Gasteiger partial charge on any atom is 0.242 e. The number of halogens is 3. The molecule has 0 aromatic heterocycles. The summed E-state index contributed by atoms with van der Waals surface area (Å²) >= 11 is 0. The summed E-state index contributed by atoms with van der Waals surface area (Å²) in [6.45, 7) is 1.94. The molecular weight excluding hydrogens is 290 g/mol. The fourth-order valence-electron chi connectivity index (χ4n) is 1.71. The summed E-state index contributed by atoms with van der Waals surface area (Å²) in [5, 5.41) is 0. The number of nitrogens with two attached hydrogens (primary N) is 1. The Hall–Kier alpha value is -1.24. The van der Waals surface area contributed by atoms with Crippen LogP contribution in [0.5, 0.6) is 0 Å². The summed E-state index contributed by atoms with van der Waals surface area (Å²) in [6, 6.07) is 2.76. The lowest BCUT2D eigenvalue weighted by Crippen LogP contribution is -2.45. The highest BCUT2D eigenvalue weighted by molar-refractivity contribution is 5.85. The average molecular weight is 309 g/mol. The molecule has 0 aliphatic rings. The van der Waals surface area contributed by atoms with E-state index in [1.54, 1.807) is 6.92 Å². The quantitative estimate of drug-likeness (QED) is 0.870. The van der Waals surface area contributed by atoms with Gasteiger partial charge in [0.1, 0.15) is 17.7 Å². The zero-order valence-corrected chi connectivity index (χ0v) is 12.3. The van der Waals surface area contributed by atoms with Gasteiger partial charge in [0, 0.05) is 19.2 Å². The molecule has 0 aliphatic heterocycles. The van der Waals surface area contributed by atoms with Crippen LogP contribution in [0.3, 0.4) is 0 Å². The first kappa shape index (κ1) is 18.8. The third-order valence-electron chi connectivity index (χ3n) is 2.77. The molecule has 4 nitrogen and oxygen atoms in total. The van der Waals surface area contributed by atoms with E-state index in [-0.39, 0.29) is 31.1 Å². The van der Waals surface area contributed by atoms with Crippen molar-refractivity contribution in [1.29, 1.82) is 0 Å². The van der Waals surface area contributed by atoms with Crippen molar-refractivity contribution in [3.05, 3.63) is 35.4 Å². The van der Waals surface area contributed by atoms with E-state index >= 15 is 0 Å². The summed E-state index contributed by atoms with van der Waals surface area (Å²) < 4.78 is 31.8. The van der Waals surface area contributed by atoms with Crippen LogP contribution >= 0.6 is 12.4 Å². The molecule has 0 bridgehead atoms. The molecule has 0 fully saturated rings. The van der Waals surface area contributed by atoms with Crippen LogP contribution in [0.2, 0.25) is 0 Å². The van der Waals surface area contributed by atoms with Crippen molar-refractivity contribution in [3.8, 4) is 0 Å². The molecular formula is C13H19ClF2N2O2. The molecule has 1 atom stereocenters. The Morgan fingerprint density at radius 3 is 2.40 bits per heavy atom. The number of ether oxygens (including phenoxy) is 1. The van der Waals surface area contributed by atoms with E-state index in [1.165, 1.54) is 18.1 Å². The first-order valence-electron chi connectivity index (χ1n) is 5.97. The molecule has 0 heterocycles. The Kier molecular flexibility index (Phi) is 8.29. The van der Waals surface area contributed by atoms with Crippen molar-refractivity contribution >= 4 is 18.3 Å². The van der Waals surface area contributed by atoms with Crippen LogP contribution in [0.15, 0.2) is 18.2 Å². The van der Waals surface area contributed by atoms with Crippen LogP contribution < -0.4 is 5.73 Å². The van der Waals surface area contributed by atoms with Gasteiger partial charge in [-0.1, -0.05) is 6.07 Å². The van der Waals surface area contributed by atoms with Crippen LogP contribution in [0.25, 0.3) is 0 Å². The molecule has 0 saturated carbocycles. The molecule has 0 saturated heterocycles. The number of likely N-dealkylation sites (N-methyl/N-ethyl adjacent to an activating group) is 1. The Balaban J connectivity index is 0.00000361. The van der Waals surface area contributed by atoms with Gasteiger partial charge in [-0.25, -0.2) is 8.78 Å². The number of rotatable bonds is 6. The van der Waals surface area contributed by atoms with E-state index < -0.39 is 23.6 Å². The number of amides is 1. The summed E-state index contributed by atoms with van der Waals surface area (Å²) in [6.07, 6.45) is 0. The highest BCUT2D eigenvalue weighted by atomic mass is 35.5. The first-order valence-corrected chi connectivity index (χ1v) is 5.97. The maximum absolute atomic E-state index is 13.5. The summed E-state index contributed by atoms with van der Waals surface area (Å²) in [7, 11) is 1.43. The number of carbonyl (C=O) groups is 1. The number of nitrogens with zero attached hydrogens (tertiary/aromatic N) is 1. The standard InChI is InChI=1S/C13H18F2N2O2.ClH/c1-3-17(13(18)12(16)8-19-2)7-9-10(14)5-4-6-11(9)15;/h4-6,12H,3,7-8,16H2,1-2H3;1H. The molecule has 7 heteroatoms. The first-order chi connectivity index (χ1) is 9.01. The predicted molar refractivity (Wildman–Crippen MR) is 74.5 cm³/mol. The predicted octanol–water partition coefficient (Wildman–Crippen LogP) is 1.71. The van der Waals surface area contributed by atoms with E-state index in [1.807, 2.05) is 0 Å². The van der Waals surface area contributed by atoms with Crippen molar-refractivity contribution in [1.82, 2.24) is 4.90 Å². The molecule has 0 spiro atoms. The molecule has 1 rings (SSSR count). The Bertz CT molecular complexity index is 426. The second kappa shape index (κ2) is 8.84. The SMILES string of the molecule is CCN(Cc1c(F)cccc1F)C(=O)C(N)COC.Cl. The fourth-order valence-corrected chi connectivity index (χ4v) is 1.71. The summed E-state index contributed by atoms with van der Waals surface area (Å²) in [5.74, 6) is -1.75. The lowest BCUT2D eigenvalue weighted by molar-refractivity contribution is -0.134. The smallest absolute Gasteiger partial charge is 0.242 e.